The SMILES string of the molecule is N#CC1(N)CCC1c1ccc(F)cc1F. The minimum absolute atomic E-state index is 0.317. The zero-order valence-electron chi connectivity index (χ0n) is 8.00. The third kappa shape index (κ3) is 1.49. The molecule has 1 saturated carbocycles. The van der Waals surface area contributed by atoms with Crippen LogP contribution in [0.2, 0.25) is 0 Å². The topological polar surface area (TPSA) is 49.8 Å². The Balaban J connectivity index is 2.36. The van der Waals surface area contributed by atoms with Crippen LogP contribution in [0.5, 0.6) is 0 Å². The van der Waals surface area contributed by atoms with Gasteiger partial charge in [-0.1, -0.05) is 6.07 Å². The van der Waals surface area contributed by atoms with E-state index in [1.54, 1.807) is 0 Å². The molecule has 1 fully saturated rings. The van der Waals surface area contributed by atoms with Gasteiger partial charge in [0.2, 0.25) is 0 Å². The van der Waals surface area contributed by atoms with Crippen LogP contribution in [0.3, 0.4) is 0 Å². The zero-order chi connectivity index (χ0) is 11.1. The summed E-state index contributed by atoms with van der Waals surface area (Å²) >= 11 is 0. The predicted octanol–water partition coefficient (Wildman–Crippen LogP) is 2.06. The maximum atomic E-state index is 13.4. The van der Waals surface area contributed by atoms with Crippen LogP contribution in [0.25, 0.3) is 0 Å². The minimum Gasteiger partial charge on any atom is -0.313 e. The minimum atomic E-state index is -0.987. The van der Waals surface area contributed by atoms with Crippen molar-refractivity contribution >= 4 is 0 Å². The molecule has 0 heterocycles. The molecule has 4 heteroatoms. The second kappa shape index (κ2) is 3.28. The third-order valence-electron chi connectivity index (χ3n) is 3.01. The average molecular weight is 208 g/mol. The fraction of sp³-hybridized carbons (Fsp3) is 0.364. The van der Waals surface area contributed by atoms with Crippen LogP contribution < -0.4 is 5.73 Å². The monoisotopic (exact) mass is 208 g/mol. The van der Waals surface area contributed by atoms with E-state index in [0.29, 0.717) is 18.4 Å². The Morgan fingerprint density at radius 2 is 2.20 bits per heavy atom. The van der Waals surface area contributed by atoms with Crippen LogP contribution in [0.15, 0.2) is 18.2 Å². The Hall–Kier alpha value is -1.47. The fourth-order valence-electron chi connectivity index (χ4n) is 1.95. The molecule has 0 spiro atoms. The summed E-state index contributed by atoms with van der Waals surface area (Å²) in [6.45, 7) is 0. The predicted molar refractivity (Wildman–Crippen MR) is 50.9 cm³/mol. The van der Waals surface area contributed by atoms with Gasteiger partial charge in [-0.3, -0.25) is 0 Å². The van der Waals surface area contributed by atoms with Crippen molar-refractivity contribution in [3.8, 4) is 6.07 Å². The first-order valence-electron chi connectivity index (χ1n) is 4.72. The molecule has 15 heavy (non-hydrogen) atoms. The van der Waals surface area contributed by atoms with Gasteiger partial charge in [-0.25, -0.2) is 8.78 Å². The van der Waals surface area contributed by atoms with Crippen molar-refractivity contribution in [3.05, 3.63) is 35.4 Å². The number of benzene rings is 1. The summed E-state index contributed by atoms with van der Waals surface area (Å²) in [5.74, 6) is -1.55. The van der Waals surface area contributed by atoms with Gasteiger partial charge in [0, 0.05) is 12.0 Å². The van der Waals surface area contributed by atoms with E-state index in [0.717, 1.165) is 6.07 Å². The van der Waals surface area contributed by atoms with E-state index < -0.39 is 17.2 Å². The molecule has 0 bridgehead atoms. The van der Waals surface area contributed by atoms with Crippen LogP contribution in [0.4, 0.5) is 8.78 Å². The van der Waals surface area contributed by atoms with E-state index in [-0.39, 0.29) is 5.92 Å². The second-order valence-corrected chi connectivity index (χ2v) is 3.91. The molecule has 2 unspecified atom stereocenters. The number of hydrogen-bond acceptors (Lipinski definition) is 2. The van der Waals surface area contributed by atoms with E-state index in [4.69, 9.17) is 11.0 Å². The molecular formula is C11H10F2N2. The van der Waals surface area contributed by atoms with Crippen LogP contribution in [-0.4, -0.2) is 5.54 Å². The molecule has 0 aromatic heterocycles. The van der Waals surface area contributed by atoms with Crippen LogP contribution in [-0.2, 0) is 0 Å². The zero-order valence-corrected chi connectivity index (χ0v) is 8.00. The fourth-order valence-corrected chi connectivity index (χ4v) is 1.95. The summed E-state index contributed by atoms with van der Waals surface area (Å²) in [4.78, 5) is 0. The maximum Gasteiger partial charge on any atom is 0.129 e. The molecule has 78 valence electrons. The Morgan fingerprint density at radius 1 is 1.47 bits per heavy atom. The Bertz CT molecular complexity index is 439. The molecule has 1 aromatic carbocycles. The normalized spacial score (nSPS) is 29.3. The lowest BCUT2D eigenvalue weighted by Gasteiger charge is -2.41. The Morgan fingerprint density at radius 3 is 2.67 bits per heavy atom. The smallest absolute Gasteiger partial charge is 0.129 e. The number of nitrogens with zero attached hydrogens (tertiary/aromatic N) is 1. The van der Waals surface area contributed by atoms with Crippen LogP contribution in [0, 0.1) is 23.0 Å². The molecule has 2 atom stereocenters. The Labute approximate surface area is 86.3 Å². The van der Waals surface area contributed by atoms with Gasteiger partial charge in [0.15, 0.2) is 0 Å². The molecule has 1 aliphatic rings. The first kappa shape index (κ1) is 10.1. The molecular weight excluding hydrogens is 198 g/mol. The molecule has 1 aliphatic carbocycles. The summed E-state index contributed by atoms with van der Waals surface area (Å²) in [6.07, 6.45) is 1.23. The number of nitriles is 1. The Kier molecular flexibility index (Phi) is 2.20. The van der Waals surface area contributed by atoms with E-state index in [2.05, 4.69) is 0 Å². The van der Waals surface area contributed by atoms with E-state index in [1.165, 1.54) is 12.1 Å². The van der Waals surface area contributed by atoms with E-state index in [1.807, 2.05) is 6.07 Å². The summed E-state index contributed by atoms with van der Waals surface area (Å²) in [7, 11) is 0. The van der Waals surface area contributed by atoms with Gasteiger partial charge in [0.05, 0.1) is 6.07 Å². The van der Waals surface area contributed by atoms with Crippen LogP contribution >= 0.6 is 0 Å². The van der Waals surface area contributed by atoms with Gasteiger partial charge < -0.3 is 5.73 Å². The van der Waals surface area contributed by atoms with E-state index in [9.17, 15) is 8.78 Å². The summed E-state index contributed by atoms with van der Waals surface area (Å²) in [5, 5.41) is 8.85. The van der Waals surface area contributed by atoms with Crippen molar-refractivity contribution in [1.82, 2.24) is 0 Å². The van der Waals surface area contributed by atoms with Gasteiger partial charge in [-0.2, -0.15) is 5.26 Å². The van der Waals surface area contributed by atoms with Gasteiger partial charge in [-0.05, 0) is 24.5 Å². The molecule has 1 aromatic rings. The highest BCUT2D eigenvalue weighted by Crippen LogP contribution is 2.44. The summed E-state index contributed by atoms with van der Waals surface area (Å²) in [5.41, 5.74) is 5.12. The third-order valence-corrected chi connectivity index (χ3v) is 3.01. The highest BCUT2D eigenvalue weighted by Gasteiger charge is 2.45. The van der Waals surface area contributed by atoms with Gasteiger partial charge in [-0.15, -0.1) is 0 Å². The molecule has 0 amide bonds. The standard InChI is InChI=1S/C11H10F2N2/c12-7-1-2-8(10(13)5-7)9-3-4-11(9,15)6-14/h1-2,5,9H,3-4,15H2. The van der Waals surface area contributed by atoms with Gasteiger partial charge in [0.25, 0.3) is 0 Å². The molecule has 0 radical (unpaired) electrons. The van der Waals surface area contributed by atoms with Crippen molar-refractivity contribution in [2.75, 3.05) is 0 Å². The largest absolute Gasteiger partial charge is 0.313 e. The highest BCUT2D eigenvalue weighted by molar-refractivity contribution is 5.34. The summed E-state index contributed by atoms with van der Waals surface area (Å²) in [6, 6.07) is 5.37. The highest BCUT2D eigenvalue weighted by atomic mass is 19.1. The van der Waals surface area contributed by atoms with Crippen LogP contribution in [0.1, 0.15) is 24.3 Å². The van der Waals surface area contributed by atoms with Crippen molar-refractivity contribution in [2.24, 2.45) is 5.73 Å². The lowest BCUT2D eigenvalue weighted by molar-refractivity contribution is 0.259. The quantitative estimate of drug-likeness (QED) is 0.768. The molecule has 2 rings (SSSR count). The van der Waals surface area contributed by atoms with Crippen molar-refractivity contribution in [2.45, 2.75) is 24.3 Å². The molecule has 0 saturated heterocycles. The number of nitrogens with two attached hydrogens (primary N) is 1. The van der Waals surface area contributed by atoms with Gasteiger partial charge in [0.1, 0.15) is 17.2 Å². The lowest BCUT2D eigenvalue weighted by atomic mass is 9.65. The molecule has 2 nitrogen and oxygen atoms in total. The van der Waals surface area contributed by atoms with Crippen molar-refractivity contribution in [1.29, 1.82) is 5.26 Å². The molecule has 2 N–H and O–H groups in total. The van der Waals surface area contributed by atoms with E-state index >= 15 is 0 Å². The first-order valence-corrected chi connectivity index (χ1v) is 4.72. The second-order valence-electron chi connectivity index (χ2n) is 3.91. The average Bonchev–Trinajstić information content (AvgIpc) is 2.19. The number of rotatable bonds is 1. The summed E-state index contributed by atoms with van der Waals surface area (Å²) < 4.78 is 26.1. The van der Waals surface area contributed by atoms with Gasteiger partial charge >= 0.3 is 0 Å². The van der Waals surface area contributed by atoms with Crippen molar-refractivity contribution in [3.63, 3.8) is 0 Å². The number of halogens is 2. The van der Waals surface area contributed by atoms with Crippen molar-refractivity contribution < 1.29 is 8.78 Å². The maximum absolute atomic E-state index is 13.4. The lowest BCUT2D eigenvalue weighted by Crippen LogP contribution is -2.52. The molecule has 0 aliphatic heterocycles. The number of hydrogen-bond donors (Lipinski definition) is 1. The first-order chi connectivity index (χ1) is 7.07.